The summed E-state index contributed by atoms with van der Waals surface area (Å²) in [5, 5.41) is 2.47. The lowest BCUT2D eigenvalue weighted by molar-refractivity contribution is -0.118. The van der Waals surface area contributed by atoms with Crippen LogP contribution < -0.4 is 16.8 Å². The van der Waals surface area contributed by atoms with E-state index in [0.29, 0.717) is 11.5 Å². The van der Waals surface area contributed by atoms with Gasteiger partial charge in [0.1, 0.15) is 5.82 Å². The van der Waals surface area contributed by atoms with Crippen molar-refractivity contribution >= 4 is 5.91 Å². The summed E-state index contributed by atoms with van der Waals surface area (Å²) in [7, 11) is 0. The topological polar surface area (TPSA) is 81.1 Å². The molecule has 0 atom stereocenters. The van der Waals surface area contributed by atoms with Crippen molar-refractivity contribution in [2.24, 2.45) is 11.5 Å². The number of carbonyl (C=O) groups excluding carboxylic acids is 1. The van der Waals surface area contributed by atoms with E-state index < -0.39 is 0 Å². The number of rotatable bonds is 2. The van der Waals surface area contributed by atoms with Crippen molar-refractivity contribution in [2.45, 2.75) is 20.8 Å². The summed E-state index contributed by atoms with van der Waals surface area (Å²) in [5.74, 6) is 0.155. The smallest absolute Gasteiger partial charge is 0.222 e. The van der Waals surface area contributed by atoms with Gasteiger partial charge in [-0.1, -0.05) is 0 Å². The molecule has 0 rings (SSSR count). The number of amides is 1. The summed E-state index contributed by atoms with van der Waals surface area (Å²) in [6.07, 6.45) is 1.70. The lowest BCUT2D eigenvalue weighted by Gasteiger charge is -2.04. The average molecular weight is 169 g/mol. The molecule has 0 aliphatic rings. The van der Waals surface area contributed by atoms with Crippen molar-refractivity contribution in [3.8, 4) is 0 Å². The van der Waals surface area contributed by atoms with Gasteiger partial charge in [0.15, 0.2) is 0 Å². The fourth-order valence-electron chi connectivity index (χ4n) is 0.707. The highest BCUT2D eigenvalue weighted by Gasteiger charge is 1.96. The fourth-order valence-corrected chi connectivity index (χ4v) is 0.707. The Morgan fingerprint density at radius 1 is 1.25 bits per heavy atom. The van der Waals surface area contributed by atoms with Crippen LogP contribution in [0.15, 0.2) is 23.2 Å². The van der Waals surface area contributed by atoms with Crippen LogP contribution in [0.2, 0.25) is 0 Å². The quantitative estimate of drug-likeness (QED) is 0.515. The highest BCUT2D eigenvalue weighted by atomic mass is 16.1. The van der Waals surface area contributed by atoms with Gasteiger partial charge in [0.05, 0.1) is 0 Å². The second-order valence-corrected chi connectivity index (χ2v) is 2.67. The lowest BCUT2D eigenvalue weighted by atomic mass is 10.2. The Kier molecular flexibility index (Phi) is 3.90. The molecule has 0 aromatic heterocycles. The molecule has 4 nitrogen and oxygen atoms in total. The van der Waals surface area contributed by atoms with E-state index in [1.165, 1.54) is 6.92 Å². The molecular formula is C8H15N3O. The summed E-state index contributed by atoms with van der Waals surface area (Å²) in [5.41, 5.74) is 12.3. The summed E-state index contributed by atoms with van der Waals surface area (Å²) in [6.45, 7) is 4.94. The predicted octanol–water partition coefficient (Wildman–Crippen LogP) is 0.175. The van der Waals surface area contributed by atoms with Crippen LogP contribution in [-0.2, 0) is 4.79 Å². The first-order valence-corrected chi connectivity index (χ1v) is 3.61. The van der Waals surface area contributed by atoms with Crippen LogP contribution >= 0.6 is 0 Å². The monoisotopic (exact) mass is 169 g/mol. The normalized spacial score (nSPS) is 13.8. The number of hydrogen-bond donors (Lipinski definition) is 3. The van der Waals surface area contributed by atoms with Crippen molar-refractivity contribution in [3.63, 3.8) is 0 Å². The van der Waals surface area contributed by atoms with Gasteiger partial charge in [0.25, 0.3) is 0 Å². The van der Waals surface area contributed by atoms with Crippen LogP contribution in [-0.4, -0.2) is 5.91 Å². The molecule has 1 amide bonds. The molecule has 0 radical (unpaired) electrons. The molecule has 0 saturated heterocycles. The molecule has 0 aromatic rings. The number of allylic oxidation sites excluding steroid dienone is 3. The van der Waals surface area contributed by atoms with E-state index in [4.69, 9.17) is 11.5 Å². The summed E-state index contributed by atoms with van der Waals surface area (Å²) in [4.78, 5) is 10.6. The Hall–Kier alpha value is -1.45. The zero-order valence-corrected chi connectivity index (χ0v) is 7.64. The van der Waals surface area contributed by atoms with Crippen molar-refractivity contribution in [3.05, 3.63) is 23.2 Å². The van der Waals surface area contributed by atoms with Crippen molar-refractivity contribution in [1.29, 1.82) is 0 Å². The first-order valence-electron chi connectivity index (χ1n) is 3.61. The second-order valence-electron chi connectivity index (χ2n) is 2.67. The Morgan fingerprint density at radius 2 is 1.75 bits per heavy atom. The molecule has 0 heterocycles. The maximum atomic E-state index is 10.6. The number of nitrogens with one attached hydrogen (secondary N) is 1. The Balaban J connectivity index is 4.47. The SMILES string of the molecule is CC(=O)N/C(N)=C(C)/C=C(/C)N. The first kappa shape index (κ1) is 10.6. The summed E-state index contributed by atoms with van der Waals surface area (Å²) >= 11 is 0. The lowest BCUT2D eigenvalue weighted by Crippen LogP contribution is -2.25. The van der Waals surface area contributed by atoms with Crippen molar-refractivity contribution < 1.29 is 4.79 Å². The maximum absolute atomic E-state index is 10.6. The van der Waals surface area contributed by atoms with Crippen LogP contribution in [0.1, 0.15) is 20.8 Å². The van der Waals surface area contributed by atoms with Crippen LogP contribution in [0.3, 0.4) is 0 Å². The Bertz CT molecular complexity index is 237. The molecule has 5 N–H and O–H groups in total. The van der Waals surface area contributed by atoms with E-state index in [0.717, 1.165) is 5.57 Å². The van der Waals surface area contributed by atoms with Gasteiger partial charge in [-0.2, -0.15) is 0 Å². The van der Waals surface area contributed by atoms with E-state index in [1.807, 2.05) is 0 Å². The minimum Gasteiger partial charge on any atom is -0.402 e. The number of carbonyl (C=O) groups is 1. The second kappa shape index (κ2) is 4.43. The third kappa shape index (κ3) is 4.38. The third-order valence-corrected chi connectivity index (χ3v) is 1.18. The zero-order chi connectivity index (χ0) is 9.72. The van der Waals surface area contributed by atoms with E-state index >= 15 is 0 Å². The molecule has 0 aromatic carbocycles. The van der Waals surface area contributed by atoms with E-state index in [2.05, 4.69) is 5.32 Å². The zero-order valence-electron chi connectivity index (χ0n) is 7.64. The van der Waals surface area contributed by atoms with Gasteiger partial charge in [-0.05, 0) is 25.5 Å². The molecule has 12 heavy (non-hydrogen) atoms. The summed E-state index contributed by atoms with van der Waals surface area (Å²) < 4.78 is 0. The standard InChI is InChI=1S/C8H15N3O/c1-5(4-6(2)9)8(10)11-7(3)12/h4H,9-10H2,1-3H3,(H,11,12)/b6-4-,8-5+. The summed E-state index contributed by atoms with van der Waals surface area (Å²) in [6, 6.07) is 0. The molecule has 0 unspecified atom stereocenters. The van der Waals surface area contributed by atoms with E-state index in [9.17, 15) is 4.79 Å². The maximum Gasteiger partial charge on any atom is 0.222 e. The van der Waals surface area contributed by atoms with Gasteiger partial charge in [-0.15, -0.1) is 0 Å². The van der Waals surface area contributed by atoms with E-state index in [1.54, 1.807) is 19.9 Å². The molecule has 0 bridgehead atoms. The Labute approximate surface area is 72.3 Å². The molecule has 0 saturated carbocycles. The average Bonchev–Trinajstić information content (AvgIpc) is 1.84. The number of hydrogen-bond acceptors (Lipinski definition) is 3. The Morgan fingerprint density at radius 3 is 2.08 bits per heavy atom. The highest BCUT2D eigenvalue weighted by molar-refractivity contribution is 5.74. The molecule has 0 fully saturated rings. The van der Waals surface area contributed by atoms with Crippen LogP contribution in [0.5, 0.6) is 0 Å². The molecule has 0 aliphatic carbocycles. The minimum absolute atomic E-state index is 0.185. The van der Waals surface area contributed by atoms with Crippen LogP contribution in [0.25, 0.3) is 0 Å². The predicted molar refractivity (Wildman–Crippen MR) is 48.6 cm³/mol. The van der Waals surface area contributed by atoms with Gasteiger partial charge in [-0.3, -0.25) is 4.79 Å². The molecule has 68 valence electrons. The van der Waals surface area contributed by atoms with Crippen molar-refractivity contribution in [2.75, 3.05) is 0 Å². The molecule has 4 heteroatoms. The first-order chi connectivity index (χ1) is 5.43. The fraction of sp³-hybridized carbons (Fsp3) is 0.375. The van der Waals surface area contributed by atoms with Crippen molar-refractivity contribution in [1.82, 2.24) is 5.32 Å². The highest BCUT2D eigenvalue weighted by Crippen LogP contribution is 1.98. The number of nitrogens with two attached hydrogens (primary N) is 2. The molecule has 0 aliphatic heterocycles. The van der Waals surface area contributed by atoms with Gasteiger partial charge < -0.3 is 16.8 Å². The van der Waals surface area contributed by atoms with Gasteiger partial charge in [0, 0.05) is 12.6 Å². The molecule has 0 spiro atoms. The van der Waals surface area contributed by atoms with Gasteiger partial charge >= 0.3 is 0 Å². The van der Waals surface area contributed by atoms with Crippen LogP contribution in [0, 0.1) is 0 Å². The molecular weight excluding hydrogens is 154 g/mol. The third-order valence-electron chi connectivity index (χ3n) is 1.18. The van der Waals surface area contributed by atoms with E-state index in [-0.39, 0.29) is 5.91 Å². The van der Waals surface area contributed by atoms with Crippen LogP contribution in [0.4, 0.5) is 0 Å². The van der Waals surface area contributed by atoms with Gasteiger partial charge in [0.2, 0.25) is 5.91 Å². The largest absolute Gasteiger partial charge is 0.402 e. The minimum atomic E-state index is -0.185. The van der Waals surface area contributed by atoms with Gasteiger partial charge in [-0.25, -0.2) is 0 Å².